The van der Waals surface area contributed by atoms with Crippen molar-refractivity contribution in [3.63, 3.8) is 0 Å². The van der Waals surface area contributed by atoms with Crippen LogP contribution >= 0.6 is 0 Å². The van der Waals surface area contributed by atoms with Crippen LogP contribution in [0.15, 0.2) is 11.8 Å². The minimum absolute atomic E-state index is 1.08. The van der Waals surface area contributed by atoms with Gasteiger partial charge in [0, 0.05) is 6.42 Å². The van der Waals surface area contributed by atoms with Gasteiger partial charge in [-0.1, -0.05) is 12.8 Å². The molecule has 0 N–H and O–H groups in total. The summed E-state index contributed by atoms with van der Waals surface area (Å²) in [6.07, 6.45) is 9.73. The molecule has 0 aromatic rings. The van der Waals surface area contributed by atoms with Gasteiger partial charge in [0.25, 0.3) is 0 Å². The number of hydrogen-bond acceptors (Lipinski definition) is 1. The fraction of sp³-hybridized carbons (Fsp3) is 0.667. The van der Waals surface area contributed by atoms with Gasteiger partial charge in [-0.15, -0.1) is 0 Å². The van der Waals surface area contributed by atoms with Crippen molar-refractivity contribution in [3.05, 3.63) is 18.9 Å². The zero-order valence-electron chi connectivity index (χ0n) is 6.44. The first-order valence-corrected chi connectivity index (χ1v) is 4.04. The van der Waals surface area contributed by atoms with Crippen molar-refractivity contribution in [3.8, 4) is 0 Å². The van der Waals surface area contributed by atoms with Gasteiger partial charge in [-0.2, -0.15) is 0 Å². The summed E-state index contributed by atoms with van der Waals surface area (Å²) in [6, 6.07) is 0. The van der Waals surface area contributed by atoms with Crippen LogP contribution in [0.4, 0.5) is 0 Å². The van der Waals surface area contributed by atoms with E-state index in [0.717, 1.165) is 12.2 Å². The Morgan fingerprint density at radius 3 is 2.80 bits per heavy atom. The molecule has 0 bridgehead atoms. The molecular weight excluding hydrogens is 124 g/mol. The molecule has 1 aliphatic rings. The van der Waals surface area contributed by atoms with Crippen LogP contribution in [0, 0.1) is 7.11 Å². The molecule has 1 nitrogen and oxygen atoms in total. The molecule has 1 aliphatic carbocycles. The summed E-state index contributed by atoms with van der Waals surface area (Å²) in [4.78, 5) is 0. The van der Waals surface area contributed by atoms with Crippen molar-refractivity contribution in [2.45, 2.75) is 38.5 Å². The number of rotatable bonds is 1. The van der Waals surface area contributed by atoms with Crippen LogP contribution in [0.2, 0.25) is 0 Å². The largest absolute Gasteiger partial charge is 0.495 e. The SMILES string of the molecule is [CH2]O/C1=C/CCCCCC1. The summed E-state index contributed by atoms with van der Waals surface area (Å²) in [6.45, 7) is 0. The summed E-state index contributed by atoms with van der Waals surface area (Å²) in [7, 11) is 3.41. The molecule has 0 saturated carbocycles. The molecule has 0 saturated heterocycles. The molecule has 0 fully saturated rings. The maximum Gasteiger partial charge on any atom is 0.122 e. The molecular formula is C9H15O. The summed E-state index contributed by atoms with van der Waals surface area (Å²) >= 11 is 0. The second-order valence-corrected chi connectivity index (χ2v) is 2.77. The van der Waals surface area contributed by atoms with Crippen LogP contribution in [0.5, 0.6) is 0 Å². The third-order valence-electron chi connectivity index (χ3n) is 1.93. The second kappa shape index (κ2) is 4.37. The monoisotopic (exact) mass is 139 g/mol. The van der Waals surface area contributed by atoms with Crippen molar-refractivity contribution in [1.29, 1.82) is 0 Å². The molecule has 0 spiro atoms. The summed E-state index contributed by atoms with van der Waals surface area (Å²) < 4.78 is 4.94. The standard InChI is InChI=1S/C9H15O/c1-10-9-7-5-3-2-4-6-8-9/h7H,1-6,8H2/b9-7+. The molecule has 0 amide bonds. The van der Waals surface area contributed by atoms with Gasteiger partial charge in [-0.25, -0.2) is 0 Å². The van der Waals surface area contributed by atoms with E-state index in [1.165, 1.54) is 32.1 Å². The third-order valence-corrected chi connectivity index (χ3v) is 1.93. The average molecular weight is 139 g/mol. The van der Waals surface area contributed by atoms with Crippen LogP contribution in [-0.2, 0) is 4.74 Å². The number of allylic oxidation sites excluding steroid dienone is 2. The van der Waals surface area contributed by atoms with Crippen LogP contribution in [0.25, 0.3) is 0 Å². The lowest BCUT2D eigenvalue weighted by molar-refractivity contribution is 0.315. The minimum Gasteiger partial charge on any atom is -0.495 e. The second-order valence-electron chi connectivity index (χ2n) is 2.77. The van der Waals surface area contributed by atoms with E-state index in [1.807, 2.05) is 0 Å². The van der Waals surface area contributed by atoms with Gasteiger partial charge in [0.15, 0.2) is 0 Å². The Morgan fingerprint density at radius 2 is 2.00 bits per heavy atom. The Morgan fingerprint density at radius 1 is 1.20 bits per heavy atom. The van der Waals surface area contributed by atoms with E-state index in [2.05, 4.69) is 13.2 Å². The zero-order chi connectivity index (χ0) is 7.23. The van der Waals surface area contributed by atoms with Gasteiger partial charge in [0.05, 0.1) is 5.76 Å². The highest BCUT2D eigenvalue weighted by atomic mass is 16.5. The van der Waals surface area contributed by atoms with Gasteiger partial charge < -0.3 is 4.74 Å². The van der Waals surface area contributed by atoms with Crippen molar-refractivity contribution >= 4 is 0 Å². The van der Waals surface area contributed by atoms with Crippen molar-refractivity contribution in [1.82, 2.24) is 0 Å². The van der Waals surface area contributed by atoms with Gasteiger partial charge >= 0.3 is 0 Å². The van der Waals surface area contributed by atoms with Crippen LogP contribution in [0.1, 0.15) is 38.5 Å². The van der Waals surface area contributed by atoms with Crippen LogP contribution < -0.4 is 0 Å². The van der Waals surface area contributed by atoms with E-state index in [4.69, 9.17) is 4.74 Å². The highest BCUT2D eigenvalue weighted by molar-refractivity contribution is 4.94. The zero-order valence-corrected chi connectivity index (χ0v) is 6.44. The van der Waals surface area contributed by atoms with Gasteiger partial charge in [0.2, 0.25) is 0 Å². The summed E-state index contributed by atoms with van der Waals surface area (Å²) in [5.74, 6) is 1.08. The number of hydrogen-bond donors (Lipinski definition) is 0. The lowest BCUT2D eigenvalue weighted by Gasteiger charge is -2.08. The first kappa shape index (κ1) is 7.64. The fourth-order valence-corrected chi connectivity index (χ4v) is 1.29. The highest BCUT2D eigenvalue weighted by Gasteiger charge is 1.99. The minimum atomic E-state index is 1.08. The fourth-order valence-electron chi connectivity index (χ4n) is 1.29. The molecule has 1 radical (unpaired) electrons. The Labute approximate surface area is 63.1 Å². The first-order chi connectivity index (χ1) is 4.93. The van der Waals surface area contributed by atoms with E-state index in [9.17, 15) is 0 Å². The Kier molecular flexibility index (Phi) is 3.34. The lowest BCUT2D eigenvalue weighted by atomic mass is 10.1. The highest BCUT2D eigenvalue weighted by Crippen LogP contribution is 2.16. The van der Waals surface area contributed by atoms with Crippen molar-refractivity contribution < 1.29 is 4.74 Å². The molecule has 1 heteroatoms. The maximum absolute atomic E-state index is 4.94. The van der Waals surface area contributed by atoms with Crippen molar-refractivity contribution in [2.24, 2.45) is 0 Å². The van der Waals surface area contributed by atoms with E-state index in [1.54, 1.807) is 0 Å². The first-order valence-electron chi connectivity index (χ1n) is 4.04. The van der Waals surface area contributed by atoms with Gasteiger partial charge in [-0.05, 0) is 25.3 Å². The quantitative estimate of drug-likeness (QED) is 0.542. The predicted octanol–water partition coefficient (Wildman–Crippen LogP) is 3.03. The molecule has 0 aromatic heterocycles. The van der Waals surface area contributed by atoms with Crippen LogP contribution in [-0.4, -0.2) is 0 Å². The Balaban J connectivity index is 2.35. The smallest absolute Gasteiger partial charge is 0.122 e. The molecule has 57 valence electrons. The predicted molar refractivity (Wildman–Crippen MR) is 42.2 cm³/mol. The van der Waals surface area contributed by atoms with E-state index >= 15 is 0 Å². The maximum atomic E-state index is 4.94. The van der Waals surface area contributed by atoms with E-state index < -0.39 is 0 Å². The van der Waals surface area contributed by atoms with E-state index in [-0.39, 0.29) is 0 Å². The normalized spacial score (nSPS) is 25.9. The van der Waals surface area contributed by atoms with E-state index in [0.29, 0.717) is 0 Å². The Hall–Kier alpha value is -0.460. The topological polar surface area (TPSA) is 9.23 Å². The Bertz CT molecular complexity index is 116. The molecule has 0 heterocycles. The van der Waals surface area contributed by atoms with Gasteiger partial charge in [0.1, 0.15) is 7.11 Å². The molecule has 10 heavy (non-hydrogen) atoms. The lowest BCUT2D eigenvalue weighted by Crippen LogP contribution is -1.90. The number of ether oxygens (including phenoxy) is 1. The summed E-state index contributed by atoms with van der Waals surface area (Å²) in [5.41, 5.74) is 0. The molecule has 0 atom stereocenters. The average Bonchev–Trinajstić information content (AvgIpc) is 1.87. The third kappa shape index (κ3) is 2.42. The molecule has 1 rings (SSSR count). The van der Waals surface area contributed by atoms with Crippen molar-refractivity contribution in [2.75, 3.05) is 0 Å². The van der Waals surface area contributed by atoms with Crippen LogP contribution in [0.3, 0.4) is 0 Å². The summed E-state index contributed by atoms with van der Waals surface area (Å²) in [5, 5.41) is 0. The molecule has 0 aromatic carbocycles. The molecule has 0 unspecified atom stereocenters. The molecule has 0 aliphatic heterocycles. The van der Waals surface area contributed by atoms with Gasteiger partial charge in [-0.3, -0.25) is 0 Å².